The van der Waals surface area contributed by atoms with Crippen LogP contribution in [-0.2, 0) is 47.5 Å². The summed E-state index contributed by atoms with van der Waals surface area (Å²) in [5.74, 6) is -0.857. The summed E-state index contributed by atoms with van der Waals surface area (Å²) in [4.78, 5) is 23.9. The Balaban J connectivity index is 1.75. The van der Waals surface area contributed by atoms with Crippen LogP contribution in [-0.4, -0.2) is 262 Å². The predicted octanol–water partition coefficient (Wildman–Crippen LogP) is -10.9. The first-order chi connectivity index (χ1) is 27.3. The van der Waals surface area contributed by atoms with Crippen molar-refractivity contribution in [1.82, 2.24) is 5.32 Å². The summed E-state index contributed by atoms with van der Waals surface area (Å²) < 4.78 is 45.8. The van der Waals surface area contributed by atoms with Gasteiger partial charge in [0.1, 0.15) is 116 Å². The summed E-state index contributed by atoms with van der Waals surface area (Å²) in [6.45, 7) is -1.73. The number of rotatable bonds is 17. The molecule has 4 saturated heterocycles. The Kier molecular flexibility index (Phi) is 18.0. The molecule has 0 saturated carbocycles. The Labute approximate surface area is 329 Å². The van der Waals surface area contributed by atoms with Crippen LogP contribution < -0.4 is 5.32 Å². The van der Waals surface area contributed by atoms with Gasteiger partial charge < -0.3 is 125 Å². The molecule has 1 unspecified atom stereocenters. The first-order valence-corrected chi connectivity index (χ1v) is 18.2. The van der Waals surface area contributed by atoms with Crippen LogP contribution in [0.3, 0.4) is 0 Å². The maximum Gasteiger partial charge on any atom is 0.217 e. The zero-order valence-corrected chi connectivity index (χ0v) is 31.1. The van der Waals surface area contributed by atoms with Crippen LogP contribution in [0, 0.1) is 0 Å². The molecule has 26 nitrogen and oxygen atoms in total. The van der Waals surface area contributed by atoms with E-state index < -0.39 is 180 Å². The lowest BCUT2D eigenvalue weighted by Gasteiger charge is -2.51. The van der Waals surface area contributed by atoms with Gasteiger partial charge in [0.05, 0.1) is 32.5 Å². The van der Waals surface area contributed by atoms with Gasteiger partial charge in [-0.15, -0.1) is 0 Å². The van der Waals surface area contributed by atoms with Gasteiger partial charge in [-0.2, -0.15) is 0 Å². The molecule has 4 heterocycles. The monoisotopic (exact) mass is 853 g/mol. The van der Waals surface area contributed by atoms with E-state index in [4.69, 9.17) is 37.9 Å². The molecule has 26 heteroatoms. The molecule has 0 aromatic heterocycles. The fourth-order valence-corrected chi connectivity index (χ4v) is 6.91. The van der Waals surface area contributed by atoms with Gasteiger partial charge in [0.2, 0.25) is 5.91 Å². The normalized spacial score (nSPS) is 45.8. The average molecular weight is 854 g/mol. The summed E-state index contributed by atoms with van der Waals surface area (Å²) in [5.41, 5.74) is 0. The van der Waals surface area contributed by atoms with Crippen molar-refractivity contribution in [2.45, 2.75) is 161 Å². The van der Waals surface area contributed by atoms with Crippen LogP contribution in [0.5, 0.6) is 0 Å². The molecule has 4 aliphatic rings. The third-order valence-corrected chi connectivity index (χ3v) is 10.2. The zero-order valence-electron chi connectivity index (χ0n) is 31.1. The molecule has 1 amide bonds. The van der Waals surface area contributed by atoms with Crippen LogP contribution in [0.1, 0.15) is 13.8 Å². The van der Waals surface area contributed by atoms with Gasteiger partial charge in [0.15, 0.2) is 31.4 Å². The minimum absolute atomic E-state index is 0.122. The number of ether oxygens (including phenoxy) is 8. The number of amides is 1. The zero-order chi connectivity index (χ0) is 43.3. The Morgan fingerprint density at radius 1 is 0.621 bits per heavy atom. The second kappa shape index (κ2) is 21.3. The van der Waals surface area contributed by atoms with Gasteiger partial charge >= 0.3 is 0 Å². The number of hydrogen-bond acceptors (Lipinski definition) is 25. The van der Waals surface area contributed by atoms with Crippen molar-refractivity contribution in [2.75, 3.05) is 26.4 Å². The molecule has 0 aliphatic carbocycles. The highest BCUT2D eigenvalue weighted by Gasteiger charge is 2.57. The fourth-order valence-electron chi connectivity index (χ4n) is 6.91. The number of aliphatic hydroxyl groups excluding tert-OH is 15. The number of hydrogen-bond donors (Lipinski definition) is 16. The molecule has 0 spiro atoms. The SMILES string of the molecule is CC(=O)N[C@@H]1[C@H](O[C@@H]2[C@@H](O)[C@H](O[C@@H](C(O)CO)[C@H](O)[C@@H](O)C=O)O[C@@H](CO)[C@H]2O)O[C@H](CO)[C@H](O[C@@H]2O[C@@H](CO)[C@@H](O)[C@@H](O)[C@H]2O)[C@@H]1O[C@H]1O[C@H](C)[C@H](O)[C@H](O)[C@@H]1O. The molecular formula is C32H55NO25. The van der Waals surface area contributed by atoms with Gasteiger partial charge in [-0.25, -0.2) is 0 Å². The molecule has 338 valence electrons. The standard InChI is InChI=1S/C32H55NO25/c1-8-16(42)20(46)22(48)30(51-8)57-27-15(33-9(2)39)29(54-14(7-38)26(27)56-31-23(49)21(47)18(44)12(5-36)52-31)58-28-19(45)13(6-37)53-32(24(28)50)55-25(11(41)4-35)17(43)10(40)3-34/h3,8,10-32,35-38,40-50H,4-7H2,1-2H3,(H,33,39)/t8-,10+,11?,12+,13+,14-,15+,16+,17-,18-,19-,20+,21-,22+,23-,24-,25+,26+,27-,28+,29+,30-,31+,32+/m1/s1. The van der Waals surface area contributed by atoms with Crippen molar-refractivity contribution in [3.8, 4) is 0 Å². The number of aliphatic hydroxyl groups is 15. The minimum atomic E-state index is -2.23. The largest absolute Gasteiger partial charge is 0.394 e. The van der Waals surface area contributed by atoms with E-state index in [2.05, 4.69) is 5.32 Å². The minimum Gasteiger partial charge on any atom is -0.394 e. The second-order valence-electron chi connectivity index (χ2n) is 14.3. The van der Waals surface area contributed by atoms with Crippen molar-refractivity contribution < 1.29 is 124 Å². The van der Waals surface area contributed by atoms with Crippen molar-refractivity contribution in [3.63, 3.8) is 0 Å². The van der Waals surface area contributed by atoms with E-state index in [-0.39, 0.29) is 6.29 Å². The summed E-state index contributed by atoms with van der Waals surface area (Å²) in [7, 11) is 0. The van der Waals surface area contributed by atoms with E-state index >= 15 is 0 Å². The summed E-state index contributed by atoms with van der Waals surface area (Å²) in [6.07, 6.45) is -43.9. The maximum atomic E-state index is 12.7. The van der Waals surface area contributed by atoms with Gasteiger partial charge in [-0.05, 0) is 6.92 Å². The highest BCUT2D eigenvalue weighted by Crippen LogP contribution is 2.36. The van der Waals surface area contributed by atoms with Crippen LogP contribution in [0.2, 0.25) is 0 Å². The van der Waals surface area contributed by atoms with E-state index in [1.54, 1.807) is 0 Å². The predicted molar refractivity (Wildman–Crippen MR) is 178 cm³/mol. The first-order valence-electron chi connectivity index (χ1n) is 18.2. The number of aldehydes is 1. The Morgan fingerprint density at radius 3 is 1.67 bits per heavy atom. The average Bonchev–Trinajstić information content (AvgIpc) is 3.20. The summed E-state index contributed by atoms with van der Waals surface area (Å²) in [5, 5.41) is 159. The van der Waals surface area contributed by atoms with Crippen LogP contribution in [0.4, 0.5) is 0 Å². The molecule has 58 heavy (non-hydrogen) atoms. The first kappa shape index (κ1) is 48.9. The van der Waals surface area contributed by atoms with Crippen LogP contribution in [0.25, 0.3) is 0 Å². The van der Waals surface area contributed by atoms with Crippen LogP contribution in [0.15, 0.2) is 0 Å². The summed E-state index contributed by atoms with van der Waals surface area (Å²) in [6, 6.07) is -1.77. The van der Waals surface area contributed by atoms with E-state index in [0.29, 0.717) is 0 Å². The van der Waals surface area contributed by atoms with E-state index in [9.17, 15) is 86.2 Å². The molecule has 0 bridgehead atoms. The number of carbonyl (C=O) groups is 2. The Bertz CT molecular complexity index is 1290. The fraction of sp³-hybridized carbons (Fsp3) is 0.938. The van der Waals surface area contributed by atoms with Crippen molar-refractivity contribution in [1.29, 1.82) is 0 Å². The van der Waals surface area contributed by atoms with Crippen molar-refractivity contribution in [3.05, 3.63) is 0 Å². The smallest absolute Gasteiger partial charge is 0.217 e. The van der Waals surface area contributed by atoms with E-state index in [1.165, 1.54) is 6.92 Å². The van der Waals surface area contributed by atoms with Gasteiger partial charge in [-0.1, -0.05) is 0 Å². The van der Waals surface area contributed by atoms with Crippen molar-refractivity contribution >= 4 is 12.2 Å². The van der Waals surface area contributed by atoms with E-state index in [1.807, 2.05) is 0 Å². The van der Waals surface area contributed by atoms with E-state index in [0.717, 1.165) is 6.92 Å². The molecule has 4 aliphatic heterocycles. The second-order valence-corrected chi connectivity index (χ2v) is 14.3. The molecule has 24 atom stereocenters. The number of nitrogens with one attached hydrogen (secondary N) is 1. The van der Waals surface area contributed by atoms with Gasteiger partial charge in [0.25, 0.3) is 0 Å². The molecule has 4 rings (SSSR count). The lowest BCUT2D eigenvalue weighted by molar-refractivity contribution is -0.388. The Morgan fingerprint density at radius 2 is 1.12 bits per heavy atom. The van der Waals surface area contributed by atoms with Gasteiger partial charge in [0, 0.05) is 6.92 Å². The molecule has 0 radical (unpaired) electrons. The van der Waals surface area contributed by atoms with Crippen molar-refractivity contribution in [2.24, 2.45) is 0 Å². The molecule has 0 aromatic carbocycles. The molecular weight excluding hydrogens is 798 g/mol. The molecule has 0 aromatic rings. The van der Waals surface area contributed by atoms with Crippen LogP contribution >= 0.6 is 0 Å². The molecule has 16 N–H and O–H groups in total. The molecule has 4 fully saturated rings. The third-order valence-electron chi connectivity index (χ3n) is 10.2. The number of carbonyl (C=O) groups excluding carboxylic acids is 2. The highest BCUT2D eigenvalue weighted by molar-refractivity contribution is 5.73. The Hall–Kier alpha value is -1.78. The lowest BCUT2D eigenvalue weighted by Crippen LogP contribution is -2.71. The highest BCUT2D eigenvalue weighted by atomic mass is 16.8. The lowest BCUT2D eigenvalue weighted by atomic mass is 9.93. The van der Waals surface area contributed by atoms with Gasteiger partial charge in [-0.3, -0.25) is 4.79 Å². The topological polar surface area (TPSA) is 423 Å². The summed E-state index contributed by atoms with van der Waals surface area (Å²) >= 11 is 0. The quantitative estimate of drug-likeness (QED) is 0.0604. The maximum absolute atomic E-state index is 12.7. The third kappa shape index (κ3) is 10.6.